The van der Waals surface area contributed by atoms with Crippen molar-refractivity contribution in [2.24, 2.45) is 0 Å². The Labute approximate surface area is 200 Å². The molecule has 0 fully saturated rings. The van der Waals surface area contributed by atoms with E-state index >= 15 is 0 Å². The van der Waals surface area contributed by atoms with Crippen molar-refractivity contribution in [2.75, 3.05) is 11.9 Å². The molecule has 168 valence electrons. The lowest BCUT2D eigenvalue weighted by Gasteiger charge is -2.23. The summed E-state index contributed by atoms with van der Waals surface area (Å²) in [4.78, 5) is 13.7. The molecule has 0 N–H and O–H groups in total. The van der Waals surface area contributed by atoms with Crippen molar-refractivity contribution >= 4 is 12.0 Å². The van der Waals surface area contributed by atoms with E-state index in [-0.39, 0.29) is 6.61 Å². The molecule has 0 heterocycles. The van der Waals surface area contributed by atoms with Gasteiger partial charge in [-0.15, -0.1) is 0 Å². The largest absolute Gasteiger partial charge is 0.488 e. The number of anilines is 1. The minimum Gasteiger partial charge on any atom is -0.488 e. The maximum Gasteiger partial charge on any atom is 0.153 e. The zero-order valence-electron chi connectivity index (χ0n) is 19.4. The molecular weight excluding hydrogens is 420 g/mol. The van der Waals surface area contributed by atoms with E-state index in [4.69, 9.17) is 10.00 Å². The number of rotatable bonds is 8. The van der Waals surface area contributed by atoms with Crippen LogP contribution in [0.1, 0.15) is 32.6 Å². The summed E-state index contributed by atoms with van der Waals surface area (Å²) in [6.07, 6.45) is 0.804. The molecule has 0 amide bonds. The molecule has 4 heteroatoms. The number of hydrogen-bond donors (Lipinski definition) is 0. The lowest BCUT2D eigenvalue weighted by molar-refractivity contribution is 0.111. The van der Waals surface area contributed by atoms with E-state index in [2.05, 4.69) is 60.4 Å². The van der Waals surface area contributed by atoms with Gasteiger partial charge < -0.3 is 9.64 Å². The maximum absolute atomic E-state index is 11.6. The highest BCUT2D eigenvalue weighted by atomic mass is 16.5. The fraction of sp³-hybridized carbons (Fsp3) is 0.133. The minimum atomic E-state index is 0.280. The summed E-state index contributed by atoms with van der Waals surface area (Å²) in [5, 5.41) is 9.11. The molecule has 4 rings (SSSR count). The smallest absolute Gasteiger partial charge is 0.153 e. The Hall–Kier alpha value is -4.36. The molecule has 4 aromatic rings. The number of nitriles is 1. The fourth-order valence-corrected chi connectivity index (χ4v) is 4.01. The molecule has 4 aromatic carbocycles. The van der Waals surface area contributed by atoms with E-state index in [1.165, 1.54) is 22.3 Å². The lowest BCUT2D eigenvalue weighted by atomic mass is 9.96. The molecule has 0 aromatic heterocycles. The molecule has 0 spiro atoms. The Morgan fingerprint density at radius 3 is 2.50 bits per heavy atom. The molecule has 0 aliphatic carbocycles. The minimum absolute atomic E-state index is 0.280. The molecule has 0 radical (unpaired) electrons. The van der Waals surface area contributed by atoms with Crippen LogP contribution in [0, 0.1) is 18.3 Å². The van der Waals surface area contributed by atoms with Crippen molar-refractivity contribution in [3.63, 3.8) is 0 Å². The molecule has 4 nitrogen and oxygen atoms in total. The van der Waals surface area contributed by atoms with Crippen LogP contribution in [0.4, 0.5) is 5.69 Å². The average Bonchev–Trinajstić information content (AvgIpc) is 2.89. The highest BCUT2D eigenvalue weighted by Gasteiger charge is 2.12. The lowest BCUT2D eigenvalue weighted by Crippen LogP contribution is -2.17. The highest BCUT2D eigenvalue weighted by molar-refractivity contribution is 5.81. The highest BCUT2D eigenvalue weighted by Crippen LogP contribution is 2.29. The second kappa shape index (κ2) is 10.5. The van der Waals surface area contributed by atoms with E-state index in [1.54, 1.807) is 18.2 Å². The summed E-state index contributed by atoms with van der Waals surface area (Å²) in [6.45, 7) is 3.16. The van der Waals surface area contributed by atoms with Gasteiger partial charge in [-0.25, -0.2) is 0 Å². The van der Waals surface area contributed by atoms with Gasteiger partial charge in [0.2, 0.25) is 0 Å². The molecule has 0 saturated carbocycles. The normalized spacial score (nSPS) is 10.4. The Morgan fingerprint density at radius 1 is 0.941 bits per heavy atom. The van der Waals surface area contributed by atoms with Crippen LogP contribution < -0.4 is 9.64 Å². The number of aldehydes is 1. The predicted molar refractivity (Wildman–Crippen MR) is 136 cm³/mol. The fourth-order valence-electron chi connectivity index (χ4n) is 4.01. The second-order valence-electron chi connectivity index (χ2n) is 8.25. The third-order valence-corrected chi connectivity index (χ3v) is 5.95. The summed E-state index contributed by atoms with van der Waals surface area (Å²) in [7, 11) is 2.03. The average molecular weight is 447 g/mol. The van der Waals surface area contributed by atoms with E-state index in [0.29, 0.717) is 16.9 Å². The third kappa shape index (κ3) is 5.16. The van der Waals surface area contributed by atoms with E-state index in [0.717, 1.165) is 24.1 Å². The van der Waals surface area contributed by atoms with Gasteiger partial charge in [0.15, 0.2) is 6.29 Å². The number of benzene rings is 4. The second-order valence-corrected chi connectivity index (χ2v) is 8.25. The number of carbonyl (C=O) groups excluding carboxylic acids is 1. The van der Waals surface area contributed by atoms with Crippen molar-refractivity contribution in [1.29, 1.82) is 5.26 Å². The zero-order valence-corrected chi connectivity index (χ0v) is 19.4. The molecule has 0 aliphatic heterocycles. The van der Waals surface area contributed by atoms with Gasteiger partial charge in [-0.3, -0.25) is 4.79 Å². The summed E-state index contributed by atoms with van der Waals surface area (Å²) in [6, 6.07) is 31.8. The first-order chi connectivity index (χ1) is 16.6. The SMILES string of the molecule is Cc1c(CN(C)c2ccc(C=O)c(OCc3cccc(C#N)c3)c2)cccc1-c1ccccc1. The molecule has 34 heavy (non-hydrogen) atoms. The van der Waals surface area contributed by atoms with Crippen LogP contribution in [0.5, 0.6) is 5.75 Å². The molecule has 0 bridgehead atoms. The third-order valence-electron chi connectivity index (χ3n) is 5.95. The molecular formula is C30H26N2O2. The van der Waals surface area contributed by atoms with Gasteiger partial charge in [0, 0.05) is 25.3 Å². The van der Waals surface area contributed by atoms with Crippen LogP contribution in [0.3, 0.4) is 0 Å². The standard InChI is InChI=1S/C30H26N2O2/c1-22-26(12-7-13-29(22)25-10-4-3-5-11-25)19-32(2)28-15-14-27(20-33)30(17-28)34-21-24-9-6-8-23(16-24)18-31/h3-17,20H,19,21H2,1-2H3. The Morgan fingerprint density at radius 2 is 1.74 bits per heavy atom. The molecule has 0 saturated heterocycles. The van der Waals surface area contributed by atoms with Gasteiger partial charge in [-0.05, 0) is 59.0 Å². The van der Waals surface area contributed by atoms with Gasteiger partial charge in [0.25, 0.3) is 0 Å². The molecule has 0 aliphatic rings. The van der Waals surface area contributed by atoms with Crippen LogP contribution in [-0.2, 0) is 13.2 Å². The number of hydrogen-bond acceptors (Lipinski definition) is 4. The van der Waals surface area contributed by atoms with Crippen LogP contribution >= 0.6 is 0 Å². The van der Waals surface area contributed by atoms with Crippen molar-refractivity contribution in [1.82, 2.24) is 0 Å². The maximum atomic E-state index is 11.6. The molecule has 0 atom stereocenters. The van der Waals surface area contributed by atoms with Crippen molar-refractivity contribution < 1.29 is 9.53 Å². The van der Waals surface area contributed by atoms with Crippen LogP contribution in [0.25, 0.3) is 11.1 Å². The van der Waals surface area contributed by atoms with Gasteiger partial charge in [-0.1, -0.05) is 60.7 Å². The summed E-state index contributed by atoms with van der Waals surface area (Å²) < 4.78 is 5.99. The van der Waals surface area contributed by atoms with E-state index < -0.39 is 0 Å². The van der Waals surface area contributed by atoms with Crippen molar-refractivity contribution in [2.45, 2.75) is 20.1 Å². The van der Waals surface area contributed by atoms with Crippen molar-refractivity contribution in [3.05, 3.63) is 119 Å². The first kappa shape index (κ1) is 22.8. The molecule has 0 unspecified atom stereocenters. The van der Waals surface area contributed by atoms with Gasteiger partial charge >= 0.3 is 0 Å². The number of ether oxygens (including phenoxy) is 1. The number of carbonyl (C=O) groups is 1. The zero-order chi connectivity index (χ0) is 23.9. The van der Waals surface area contributed by atoms with Crippen molar-refractivity contribution in [3.8, 4) is 22.9 Å². The summed E-state index contributed by atoms with van der Waals surface area (Å²) in [5.41, 5.74) is 7.83. The van der Waals surface area contributed by atoms with Crippen LogP contribution in [-0.4, -0.2) is 13.3 Å². The summed E-state index contributed by atoms with van der Waals surface area (Å²) >= 11 is 0. The van der Waals surface area contributed by atoms with E-state index in [9.17, 15) is 4.79 Å². The first-order valence-corrected chi connectivity index (χ1v) is 11.1. The monoisotopic (exact) mass is 446 g/mol. The quantitative estimate of drug-likeness (QED) is 0.288. The first-order valence-electron chi connectivity index (χ1n) is 11.1. The Balaban J connectivity index is 1.54. The van der Waals surface area contributed by atoms with Gasteiger partial charge in [0.05, 0.1) is 17.2 Å². The van der Waals surface area contributed by atoms with Gasteiger partial charge in [0.1, 0.15) is 12.4 Å². The van der Waals surface area contributed by atoms with Gasteiger partial charge in [-0.2, -0.15) is 5.26 Å². The Kier molecular flexibility index (Phi) is 7.05. The predicted octanol–water partition coefficient (Wildman–Crippen LogP) is 6.56. The Bertz CT molecular complexity index is 1340. The van der Waals surface area contributed by atoms with Crippen LogP contribution in [0.2, 0.25) is 0 Å². The topological polar surface area (TPSA) is 53.3 Å². The number of nitrogens with zero attached hydrogens (tertiary/aromatic N) is 2. The van der Waals surface area contributed by atoms with Crippen LogP contribution in [0.15, 0.2) is 91.0 Å². The van der Waals surface area contributed by atoms with E-state index in [1.807, 2.05) is 37.4 Å². The summed E-state index contributed by atoms with van der Waals surface area (Å²) in [5.74, 6) is 0.525.